The molecule has 4 rings (SSSR count). The number of benzene rings is 1. The summed E-state index contributed by atoms with van der Waals surface area (Å²) < 4.78 is 2.49. The van der Waals surface area contributed by atoms with E-state index in [2.05, 4.69) is 26.5 Å². The second-order valence-corrected chi connectivity index (χ2v) is 9.60. The molecule has 3 heterocycles. The van der Waals surface area contributed by atoms with Gasteiger partial charge in [0.25, 0.3) is 0 Å². The van der Waals surface area contributed by atoms with Crippen LogP contribution in [-0.4, -0.2) is 67.8 Å². The second kappa shape index (κ2) is 9.25. The summed E-state index contributed by atoms with van der Waals surface area (Å²) in [6, 6.07) is 12.0. The average Bonchev–Trinajstić information content (AvgIpc) is 3.36. The third kappa shape index (κ3) is 5.16. The Bertz CT molecular complexity index is 965. The Kier molecular flexibility index (Phi) is 6.49. The molecular formula is C19H21ClN6OS2. The second-order valence-electron chi connectivity index (χ2n) is 6.86. The summed E-state index contributed by atoms with van der Waals surface area (Å²) in [7, 11) is 0. The van der Waals surface area contributed by atoms with Crippen LogP contribution in [0.4, 0.5) is 0 Å². The zero-order valence-electron chi connectivity index (χ0n) is 16.0. The van der Waals surface area contributed by atoms with Crippen molar-refractivity contribution in [2.45, 2.75) is 18.6 Å². The van der Waals surface area contributed by atoms with Crippen molar-refractivity contribution in [2.75, 3.05) is 31.9 Å². The predicted molar refractivity (Wildman–Crippen MR) is 116 cm³/mol. The van der Waals surface area contributed by atoms with Crippen LogP contribution in [0.2, 0.25) is 4.34 Å². The number of aryl methyl sites for hydroxylation is 1. The number of carbonyl (C=O) groups is 1. The summed E-state index contributed by atoms with van der Waals surface area (Å²) >= 11 is 8.99. The van der Waals surface area contributed by atoms with Crippen molar-refractivity contribution in [3.05, 3.63) is 51.2 Å². The molecule has 1 aliphatic heterocycles. The Morgan fingerprint density at radius 2 is 1.90 bits per heavy atom. The Morgan fingerprint density at radius 1 is 1.14 bits per heavy atom. The Hall–Kier alpha value is -1.94. The standard InChI is InChI=1S/C19H21ClN6OS2/c1-14-2-4-15(5-3-14)26-19(21-22-23-26)28-13-18(27)25-10-8-24(9-11-25)12-16-6-7-17(20)29-16/h2-7H,8-13H2,1H3. The fourth-order valence-electron chi connectivity index (χ4n) is 3.15. The molecule has 1 saturated heterocycles. The molecule has 0 radical (unpaired) electrons. The summed E-state index contributed by atoms with van der Waals surface area (Å²) in [5, 5.41) is 12.5. The molecule has 3 aromatic rings. The third-order valence-corrected chi connectivity index (χ3v) is 6.90. The fourth-order valence-corrected chi connectivity index (χ4v) is 5.07. The van der Waals surface area contributed by atoms with E-state index in [1.165, 1.54) is 22.2 Å². The van der Waals surface area contributed by atoms with Gasteiger partial charge in [0.05, 0.1) is 15.8 Å². The van der Waals surface area contributed by atoms with Gasteiger partial charge < -0.3 is 4.90 Å². The van der Waals surface area contributed by atoms with Crippen molar-refractivity contribution < 1.29 is 4.79 Å². The van der Waals surface area contributed by atoms with Crippen molar-refractivity contribution in [2.24, 2.45) is 0 Å². The van der Waals surface area contributed by atoms with Crippen molar-refractivity contribution in [1.29, 1.82) is 0 Å². The van der Waals surface area contributed by atoms with Gasteiger partial charge in [-0.3, -0.25) is 9.69 Å². The van der Waals surface area contributed by atoms with Gasteiger partial charge >= 0.3 is 0 Å². The van der Waals surface area contributed by atoms with E-state index in [0.717, 1.165) is 42.7 Å². The molecule has 152 valence electrons. The van der Waals surface area contributed by atoms with Gasteiger partial charge in [-0.25, -0.2) is 0 Å². The zero-order valence-corrected chi connectivity index (χ0v) is 18.4. The predicted octanol–water partition coefficient (Wildman–Crippen LogP) is 3.12. The Balaban J connectivity index is 1.28. The van der Waals surface area contributed by atoms with Crippen LogP contribution in [-0.2, 0) is 11.3 Å². The van der Waals surface area contributed by atoms with Crippen molar-refractivity contribution in [1.82, 2.24) is 30.0 Å². The lowest BCUT2D eigenvalue weighted by Crippen LogP contribution is -2.48. The van der Waals surface area contributed by atoms with Crippen LogP contribution in [0.1, 0.15) is 10.4 Å². The van der Waals surface area contributed by atoms with E-state index < -0.39 is 0 Å². The molecule has 0 atom stereocenters. The quantitative estimate of drug-likeness (QED) is 0.540. The molecule has 2 aromatic heterocycles. The maximum absolute atomic E-state index is 12.6. The molecule has 0 N–H and O–H groups in total. The van der Waals surface area contributed by atoms with Crippen LogP contribution in [0.25, 0.3) is 5.69 Å². The lowest BCUT2D eigenvalue weighted by molar-refractivity contribution is -0.130. The molecule has 0 bridgehead atoms. The summed E-state index contributed by atoms with van der Waals surface area (Å²) in [6.07, 6.45) is 0. The molecule has 1 aliphatic rings. The van der Waals surface area contributed by atoms with Gasteiger partial charge in [0.1, 0.15) is 0 Å². The topological polar surface area (TPSA) is 67.2 Å². The largest absolute Gasteiger partial charge is 0.339 e. The lowest BCUT2D eigenvalue weighted by Gasteiger charge is -2.34. The minimum Gasteiger partial charge on any atom is -0.339 e. The first-order valence-electron chi connectivity index (χ1n) is 9.31. The molecule has 0 spiro atoms. The van der Waals surface area contributed by atoms with Crippen LogP contribution in [0.3, 0.4) is 0 Å². The maximum Gasteiger partial charge on any atom is 0.233 e. The number of hydrogen-bond donors (Lipinski definition) is 0. The molecule has 0 unspecified atom stereocenters. The summed E-state index contributed by atoms with van der Waals surface area (Å²) in [5.74, 6) is 0.444. The van der Waals surface area contributed by atoms with Crippen LogP contribution in [0, 0.1) is 6.92 Å². The van der Waals surface area contributed by atoms with E-state index in [1.54, 1.807) is 16.0 Å². The maximum atomic E-state index is 12.6. The van der Waals surface area contributed by atoms with E-state index in [9.17, 15) is 4.79 Å². The lowest BCUT2D eigenvalue weighted by atomic mass is 10.2. The summed E-state index contributed by atoms with van der Waals surface area (Å²) in [6.45, 7) is 6.13. The highest BCUT2D eigenvalue weighted by Crippen LogP contribution is 2.23. The first-order chi connectivity index (χ1) is 14.1. The highest BCUT2D eigenvalue weighted by molar-refractivity contribution is 7.99. The number of tetrazole rings is 1. The zero-order chi connectivity index (χ0) is 20.2. The van der Waals surface area contributed by atoms with Gasteiger partial charge in [0.2, 0.25) is 11.1 Å². The monoisotopic (exact) mass is 448 g/mol. The van der Waals surface area contributed by atoms with Crippen LogP contribution >= 0.6 is 34.7 Å². The molecule has 0 saturated carbocycles. The highest BCUT2D eigenvalue weighted by atomic mass is 35.5. The molecule has 1 fully saturated rings. The van der Waals surface area contributed by atoms with E-state index in [4.69, 9.17) is 11.6 Å². The van der Waals surface area contributed by atoms with Gasteiger partial charge in [0, 0.05) is 37.6 Å². The summed E-state index contributed by atoms with van der Waals surface area (Å²) in [5.41, 5.74) is 2.06. The summed E-state index contributed by atoms with van der Waals surface area (Å²) in [4.78, 5) is 18.2. The molecule has 7 nitrogen and oxygen atoms in total. The normalized spacial score (nSPS) is 15.0. The van der Waals surface area contributed by atoms with Crippen molar-refractivity contribution in [3.63, 3.8) is 0 Å². The number of aromatic nitrogens is 4. The van der Waals surface area contributed by atoms with Crippen molar-refractivity contribution >= 4 is 40.6 Å². The van der Waals surface area contributed by atoms with Gasteiger partial charge in [0.15, 0.2) is 0 Å². The molecule has 0 aliphatic carbocycles. The molecule has 29 heavy (non-hydrogen) atoms. The van der Waals surface area contributed by atoms with Crippen LogP contribution in [0.5, 0.6) is 0 Å². The van der Waals surface area contributed by atoms with E-state index >= 15 is 0 Å². The fraction of sp³-hybridized carbons (Fsp3) is 0.368. The van der Waals surface area contributed by atoms with E-state index in [0.29, 0.717) is 10.9 Å². The average molecular weight is 449 g/mol. The van der Waals surface area contributed by atoms with E-state index in [-0.39, 0.29) is 5.91 Å². The Labute approximate surface area is 182 Å². The van der Waals surface area contributed by atoms with Gasteiger partial charge in [-0.05, 0) is 41.6 Å². The van der Waals surface area contributed by atoms with Crippen LogP contribution < -0.4 is 0 Å². The Morgan fingerprint density at radius 3 is 2.59 bits per heavy atom. The minimum atomic E-state index is 0.118. The van der Waals surface area contributed by atoms with Gasteiger partial charge in [-0.1, -0.05) is 41.1 Å². The third-order valence-electron chi connectivity index (χ3n) is 4.78. The smallest absolute Gasteiger partial charge is 0.233 e. The molecule has 1 aromatic carbocycles. The first kappa shape index (κ1) is 20.3. The number of thiophene rings is 1. The number of piperazine rings is 1. The number of nitrogens with zero attached hydrogens (tertiary/aromatic N) is 6. The number of carbonyl (C=O) groups excluding carboxylic acids is 1. The number of thioether (sulfide) groups is 1. The number of hydrogen-bond acceptors (Lipinski definition) is 7. The van der Waals surface area contributed by atoms with E-state index in [1.807, 2.05) is 42.2 Å². The molecule has 10 heteroatoms. The van der Waals surface area contributed by atoms with Crippen LogP contribution in [0.15, 0.2) is 41.6 Å². The van der Waals surface area contributed by atoms with Crippen molar-refractivity contribution in [3.8, 4) is 5.69 Å². The number of amides is 1. The van der Waals surface area contributed by atoms with Gasteiger partial charge in [-0.15, -0.1) is 16.4 Å². The minimum absolute atomic E-state index is 0.118. The first-order valence-corrected chi connectivity index (χ1v) is 11.5. The number of rotatable bonds is 6. The number of halogens is 1. The SMILES string of the molecule is Cc1ccc(-n2nnnc2SCC(=O)N2CCN(Cc3ccc(Cl)s3)CC2)cc1. The highest BCUT2D eigenvalue weighted by Gasteiger charge is 2.22. The molecular weight excluding hydrogens is 428 g/mol. The van der Waals surface area contributed by atoms with Gasteiger partial charge in [-0.2, -0.15) is 4.68 Å². The molecule has 1 amide bonds.